The lowest BCUT2D eigenvalue weighted by atomic mass is 9.84. The third-order valence-electron chi connectivity index (χ3n) is 2.87. The predicted octanol–water partition coefficient (Wildman–Crippen LogP) is 2.29. The van der Waals surface area contributed by atoms with Gasteiger partial charge in [-0.2, -0.15) is 5.10 Å². The standard InChI is InChI=1S/C10H18BClN2/c1-4-8-9(6-11)13-14(3)10(8)5-7(2)12/h7-8,10H,4-6H2,1-3H3/t7?,8-,10?/m1/s1. The maximum absolute atomic E-state index is 6.03. The lowest BCUT2D eigenvalue weighted by molar-refractivity contribution is 0.230. The van der Waals surface area contributed by atoms with Crippen LogP contribution in [0.4, 0.5) is 0 Å². The number of hydrogen-bond donors (Lipinski definition) is 0. The maximum atomic E-state index is 6.03. The third-order valence-corrected chi connectivity index (χ3v) is 3.05. The second kappa shape index (κ2) is 5.06. The summed E-state index contributed by atoms with van der Waals surface area (Å²) in [5, 5.41) is 6.68. The van der Waals surface area contributed by atoms with Gasteiger partial charge in [-0.3, -0.25) is 5.01 Å². The van der Waals surface area contributed by atoms with Gasteiger partial charge in [0.2, 0.25) is 0 Å². The Labute approximate surface area is 93.1 Å². The Morgan fingerprint density at radius 3 is 2.71 bits per heavy atom. The molecule has 0 aromatic carbocycles. The molecule has 0 saturated carbocycles. The first-order valence-electron chi connectivity index (χ1n) is 5.24. The molecule has 0 amide bonds. The molecule has 78 valence electrons. The molecular formula is C10H18BClN2. The molecule has 0 N–H and O–H groups in total. The Bertz CT molecular complexity index is 218. The summed E-state index contributed by atoms with van der Waals surface area (Å²) in [6, 6.07) is 0.436. The summed E-state index contributed by atoms with van der Waals surface area (Å²) in [6.07, 6.45) is 2.63. The molecule has 2 unspecified atom stereocenters. The molecule has 0 saturated heterocycles. The molecule has 0 bridgehead atoms. The lowest BCUT2D eigenvalue weighted by Gasteiger charge is -2.25. The molecule has 0 aromatic heterocycles. The van der Waals surface area contributed by atoms with Crippen LogP contribution in [0.2, 0.25) is 6.32 Å². The van der Waals surface area contributed by atoms with Crippen molar-refractivity contribution < 1.29 is 0 Å². The zero-order chi connectivity index (χ0) is 10.7. The van der Waals surface area contributed by atoms with Crippen molar-refractivity contribution in [1.82, 2.24) is 5.01 Å². The number of hydrazone groups is 1. The molecule has 1 aliphatic heterocycles. The quantitative estimate of drug-likeness (QED) is 0.516. The van der Waals surface area contributed by atoms with Gasteiger partial charge in [0.25, 0.3) is 0 Å². The van der Waals surface area contributed by atoms with E-state index in [1.54, 1.807) is 0 Å². The second-order valence-electron chi connectivity index (χ2n) is 3.97. The van der Waals surface area contributed by atoms with Gasteiger partial charge in [-0.05, 0) is 26.1 Å². The van der Waals surface area contributed by atoms with Gasteiger partial charge in [-0.15, -0.1) is 11.6 Å². The van der Waals surface area contributed by atoms with E-state index in [2.05, 4.69) is 12.0 Å². The van der Waals surface area contributed by atoms with E-state index in [1.165, 1.54) is 0 Å². The van der Waals surface area contributed by atoms with E-state index in [0.29, 0.717) is 18.3 Å². The number of rotatable bonds is 4. The minimum atomic E-state index is 0.198. The van der Waals surface area contributed by atoms with Crippen LogP contribution in [0.15, 0.2) is 5.10 Å². The fourth-order valence-electron chi connectivity index (χ4n) is 2.18. The molecule has 2 nitrogen and oxygen atoms in total. The van der Waals surface area contributed by atoms with Crippen LogP contribution in [0.5, 0.6) is 0 Å². The van der Waals surface area contributed by atoms with E-state index in [-0.39, 0.29) is 5.38 Å². The summed E-state index contributed by atoms with van der Waals surface area (Å²) >= 11 is 6.03. The van der Waals surface area contributed by atoms with Crippen LogP contribution in [-0.4, -0.2) is 37.0 Å². The van der Waals surface area contributed by atoms with Crippen molar-refractivity contribution in [3.05, 3.63) is 0 Å². The van der Waals surface area contributed by atoms with Crippen molar-refractivity contribution in [2.75, 3.05) is 7.05 Å². The Morgan fingerprint density at radius 2 is 2.29 bits per heavy atom. The van der Waals surface area contributed by atoms with Crippen LogP contribution in [0.25, 0.3) is 0 Å². The van der Waals surface area contributed by atoms with Crippen molar-refractivity contribution in [3.63, 3.8) is 0 Å². The van der Waals surface area contributed by atoms with Crippen LogP contribution in [0.3, 0.4) is 0 Å². The number of alkyl halides is 1. The average molecular weight is 213 g/mol. The first kappa shape index (κ1) is 11.9. The number of nitrogens with zero attached hydrogens (tertiary/aromatic N) is 2. The van der Waals surface area contributed by atoms with E-state index < -0.39 is 0 Å². The van der Waals surface area contributed by atoms with Crippen molar-refractivity contribution in [1.29, 1.82) is 0 Å². The number of halogens is 1. The highest BCUT2D eigenvalue weighted by Crippen LogP contribution is 2.29. The Balaban J connectivity index is 2.68. The van der Waals surface area contributed by atoms with Crippen molar-refractivity contribution >= 4 is 25.2 Å². The monoisotopic (exact) mass is 212 g/mol. The SMILES string of the molecule is [B]CC1=NN(C)C(CC(C)Cl)[C@@H]1CC. The minimum absolute atomic E-state index is 0.198. The van der Waals surface area contributed by atoms with E-state index in [0.717, 1.165) is 18.6 Å². The second-order valence-corrected chi connectivity index (χ2v) is 4.71. The summed E-state index contributed by atoms with van der Waals surface area (Å²) < 4.78 is 0. The van der Waals surface area contributed by atoms with Crippen molar-refractivity contribution in [2.45, 2.75) is 44.4 Å². The Hall–Kier alpha value is -0.175. The summed E-state index contributed by atoms with van der Waals surface area (Å²) in [5.41, 5.74) is 1.12. The van der Waals surface area contributed by atoms with Crippen LogP contribution >= 0.6 is 11.6 Å². The van der Waals surface area contributed by atoms with Crippen molar-refractivity contribution in [2.24, 2.45) is 11.0 Å². The first-order valence-corrected chi connectivity index (χ1v) is 5.68. The highest BCUT2D eigenvalue weighted by molar-refractivity contribution is 6.22. The van der Waals surface area contributed by atoms with Gasteiger partial charge in [-0.25, -0.2) is 0 Å². The fraction of sp³-hybridized carbons (Fsp3) is 0.900. The summed E-state index contributed by atoms with van der Waals surface area (Å²) in [7, 11) is 7.67. The molecule has 4 heteroatoms. The average Bonchev–Trinajstić information content (AvgIpc) is 2.42. The van der Waals surface area contributed by atoms with Crippen molar-refractivity contribution in [3.8, 4) is 0 Å². The highest BCUT2D eigenvalue weighted by atomic mass is 35.5. The van der Waals surface area contributed by atoms with Gasteiger partial charge < -0.3 is 0 Å². The summed E-state index contributed by atoms with van der Waals surface area (Å²) in [6.45, 7) is 4.21. The summed E-state index contributed by atoms with van der Waals surface area (Å²) in [4.78, 5) is 0. The fourth-order valence-corrected chi connectivity index (χ4v) is 2.37. The molecule has 3 atom stereocenters. The van der Waals surface area contributed by atoms with E-state index >= 15 is 0 Å². The van der Waals surface area contributed by atoms with Gasteiger partial charge in [-0.1, -0.05) is 6.92 Å². The molecule has 0 fully saturated rings. The molecule has 2 radical (unpaired) electrons. The van der Waals surface area contributed by atoms with Crippen LogP contribution in [0, 0.1) is 5.92 Å². The topological polar surface area (TPSA) is 15.6 Å². The zero-order valence-corrected chi connectivity index (χ0v) is 9.96. The van der Waals surface area contributed by atoms with Gasteiger partial charge in [0.15, 0.2) is 0 Å². The first-order chi connectivity index (χ1) is 6.60. The van der Waals surface area contributed by atoms with E-state index in [4.69, 9.17) is 19.4 Å². The number of hydrogen-bond acceptors (Lipinski definition) is 2. The predicted molar refractivity (Wildman–Crippen MR) is 63.3 cm³/mol. The van der Waals surface area contributed by atoms with E-state index in [1.807, 2.05) is 19.0 Å². The molecule has 1 heterocycles. The minimum Gasteiger partial charge on any atom is -0.296 e. The molecule has 0 aromatic rings. The molecular weight excluding hydrogens is 194 g/mol. The van der Waals surface area contributed by atoms with Gasteiger partial charge in [0, 0.05) is 24.1 Å². The third kappa shape index (κ3) is 2.44. The molecule has 1 rings (SSSR count). The maximum Gasteiger partial charge on any atom is 0.0734 e. The van der Waals surface area contributed by atoms with Crippen LogP contribution < -0.4 is 0 Å². The Kier molecular flexibility index (Phi) is 4.30. The van der Waals surface area contributed by atoms with Gasteiger partial charge in [0.1, 0.15) is 0 Å². The van der Waals surface area contributed by atoms with Gasteiger partial charge in [0.05, 0.1) is 13.9 Å². The largest absolute Gasteiger partial charge is 0.296 e. The Morgan fingerprint density at radius 1 is 1.64 bits per heavy atom. The van der Waals surface area contributed by atoms with Gasteiger partial charge >= 0.3 is 0 Å². The smallest absolute Gasteiger partial charge is 0.0734 e. The molecule has 14 heavy (non-hydrogen) atoms. The molecule has 0 spiro atoms. The van der Waals surface area contributed by atoms with Crippen LogP contribution in [-0.2, 0) is 0 Å². The molecule has 1 aliphatic rings. The van der Waals surface area contributed by atoms with Crippen LogP contribution in [0.1, 0.15) is 26.7 Å². The molecule has 0 aliphatic carbocycles. The highest BCUT2D eigenvalue weighted by Gasteiger charge is 2.33. The lowest BCUT2D eigenvalue weighted by Crippen LogP contribution is -2.32. The summed E-state index contributed by atoms with van der Waals surface area (Å²) in [5.74, 6) is 0.492. The van der Waals surface area contributed by atoms with E-state index in [9.17, 15) is 0 Å². The zero-order valence-electron chi connectivity index (χ0n) is 9.20. The normalized spacial score (nSPS) is 29.1.